The Labute approximate surface area is 117 Å². The number of ether oxygens (including phenoxy) is 1. The maximum atomic E-state index is 12.7. The molecule has 0 radical (unpaired) electrons. The van der Waals surface area contributed by atoms with Gasteiger partial charge in [0.15, 0.2) is 5.69 Å². The molecule has 0 saturated heterocycles. The van der Waals surface area contributed by atoms with Crippen LogP contribution in [0, 0.1) is 0 Å². The topological polar surface area (TPSA) is 59.1 Å². The number of hydrogen-bond donors (Lipinski definition) is 2. The molecule has 21 heavy (non-hydrogen) atoms. The summed E-state index contributed by atoms with van der Waals surface area (Å²) in [5.74, 6) is -0.225. The number of nitrogens with one attached hydrogen (secondary N) is 2. The van der Waals surface area contributed by atoms with Crippen LogP contribution in [0.1, 0.15) is 12.6 Å². The van der Waals surface area contributed by atoms with Crippen molar-refractivity contribution < 1.29 is 26.7 Å². The van der Waals surface area contributed by atoms with Crippen molar-refractivity contribution in [1.29, 1.82) is 0 Å². The van der Waals surface area contributed by atoms with E-state index >= 15 is 0 Å². The first-order valence-corrected chi connectivity index (χ1v) is 6.12. The van der Waals surface area contributed by atoms with Gasteiger partial charge in [0, 0.05) is 19.2 Å². The molecule has 1 heterocycles. The average Bonchev–Trinajstić information content (AvgIpc) is 2.37. The van der Waals surface area contributed by atoms with Crippen molar-refractivity contribution in [2.24, 2.45) is 0 Å². The smallest absolute Gasteiger partial charge is 0.374 e. The zero-order chi connectivity index (χ0) is 15.9. The van der Waals surface area contributed by atoms with Gasteiger partial charge in [0.2, 0.25) is 5.95 Å². The Hall–Kier alpha value is -1.71. The van der Waals surface area contributed by atoms with E-state index in [0.717, 1.165) is 6.07 Å². The lowest BCUT2D eigenvalue weighted by Gasteiger charge is -2.12. The number of aromatic nitrogens is 2. The van der Waals surface area contributed by atoms with Crippen LogP contribution in [0.2, 0.25) is 0 Å². The van der Waals surface area contributed by atoms with Crippen molar-refractivity contribution in [2.45, 2.75) is 19.5 Å². The molecular weight excluding hydrogens is 299 g/mol. The van der Waals surface area contributed by atoms with Crippen LogP contribution in [0.3, 0.4) is 0 Å². The van der Waals surface area contributed by atoms with E-state index in [2.05, 4.69) is 25.3 Å². The largest absolute Gasteiger partial charge is 0.433 e. The Bertz CT molecular complexity index is 441. The lowest BCUT2D eigenvalue weighted by Crippen LogP contribution is -2.17. The number of halogens is 5. The highest BCUT2D eigenvalue weighted by Gasteiger charge is 2.33. The van der Waals surface area contributed by atoms with Gasteiger partial charge in [0.05, 0.1) is 6.61 Å². The van der Waals surface area contributed by atoms with Crippen molar-refractivity contribution in [3.8, 4) is 0 Å². The van der Waals surface area contributed by atoms with Crippen LogP contribution >= 0.6 is 0 Å². The van der Waals surface area contributed by atoms with Gasteiger partial charge in [-0.25, -0.2) is 13.8 Å². The van der Waals surface area contributed by atoms with Gasteiger partial charge in [-0.15, -0.1) is 0 Å². The maximum absolute atomic E-state index is 12.7. The van der Waals surface area contributed by atoms with Crippen LogP contribution in [0.15, 0.2) is 6.07 Å². The first kappa shape index (κ1) is 17.3. The minimum Gasteiger partial charge on any atom is -0.374 e. The quantitative estimate of drug-likeness (QED) is 0.570. The highest BCUT2D eigenvalue weighted by molar-refractivity contribution is 5.43. The first-order chi connectivity index (χ1) is 9.82. The molecule has 0 aliphatic rings. The van der Waals surface area contributed by atoms with E-state index in [1.54, 1.807) is 6.92 Å². The van der Waals surface area contributed by atoms with Crippen molar-refractivity contribution in [1.82, 2.24) is 9.97 Å². The fraction of sp³-hybridized carbons (Fsp3) is 0.636. The molecule has 0 unspecified atom stereocenters. The molecule has 5 nitrogen and oxygen atoms in total. The Morgan fingerprint density at radius 2 is 1.95 bits per heavy atom. The van der Waals surface area contributed by atoms with Crippen molar-refractivity contribution in [2.75, 3.05) is 36.9 Å². The molecule has 0 amide bonds. The van der Waals surface area contributed by atoms with Gasteiger partial charge in [-0.05, 0) is 6.92 Å². The van der Waals surface area contributed by atoms with E-state index in [-0.39, 0.29) is 24.9 Å². The van der Waals surface area contributed by atoms with Crippen LogP contribution in [0.4, 0.5) is 33.7 Å². The van der Waals surface area contributed by atoms with E-state index in [1.165, 1.54) is 0 Å². The highest BCUT2D eigenvalue weighted by atomic mass is 19.4. The number of hydrogen-bond acceptors (Lipinski definition) is 5. The third-order valence-corrected chi connectivity index (χ3v) is 2.15. The molecule has 0 aliphatic carbocycles. The van der Waals surface area contributed by atoms with Gasteiger partial charge in [-0.3, -0.25) is 0 Å². The van der Waals surface area contributed by atoms with Crippen molar-refractivity contribution in [3.05, 3.63) is 11.8 Å². The Morgan fingerprint density at radius 1 is 1.24 bits per heavy atom. The zero-order valence-corrected chi connectivity index (χ0v) is 11.2. The summed E-state index contributed by atoms with van der Waals surface area (Å²) in [5.41, 5.74) is -1.09. The number of alkyl halides is 5. The summed E-state index contributed by atoms with van der Waals surface area (Å²) in [5, 5.41) is 5.15. The maximum Gasteiger partial charge on any atom is 0.433 e. The average molecular weight is 314 g/mol. The summed E-state index contributed by atoms with van der Waals surface area (Å²) in [6.45, 7) is 1.30. The first-order valence-electron chi connectivity index (χ1n) is 6.12. The number of rotatable bonds is 8. The second-order valence-electron chi connectivity index (χ2n) is 3.88. The van der Waals surface area contributed by atoms with Gasteiger partial charge in [-0.1, -0.05) is 0 Å². The fourth-order valence-electron chi connectivity index (χ4n) is 1.34. The molecule has 0 aromatic carbocycles. The fourth-order valence-corrected chi connectivity index (χ4v) is 1.34. The summed E-state index contributed by atoms with van der Waals surface area (Å²) in [6, 6.07) is 0.744. The van der Waals surface area contributed by atoms with Gasteiger partial charge >= 0.3 is 6.18 Å². The molecule has 0 saturated carbocycles. The van der Waals surface area contributed by atoms with E-state index < -0.39 is 24.9 Å². The van der Waals surface area contributed by atoms with Crippen LogP contribution in [-0.4, -0.2) is 42.7 Å². The van der Waals surface area contributed by atoms with Gasteiger partial charge in [-0.2, -0.15) is 18.2 Å². The predicted molar refractivity (Wildman–Crippen MR) is 66.5 cm³/mol. The summed E-state index contributed by atoms with van der Waals surface area (Å²) in [6.07, 6.45) is -7.18. The molecule has 120 valence electrons. The Balaban J connectivity index is 2.65. The summed E-state index contributed by atoms with van der Waals surface area (Å²) >= 11 is 0. The van der Waals surface area contributed by atoms with Crippen LogP contribution in [-0.2, 0) is 10.9 Å². The molecule has 2 N–H and O–H groups in total. The van der Waals surface area contributed by atoms with E-state index in [9.17, 15) is 22.0 Å². The van der Waals surface area contributed by atoms with Gasteiger partial charge in [0.25, 0.3) is 6.43 Å². The predicted octanol–water partition coefficient (Wildman–Crippen LogP) is 2.62. The molecule has 1 aromatic heterocycles. The Morgan fingerprint density at radius 3 is 2.52 bits per heavy atom. The molecular formula is C11H15F5N4O. The minimum atomic E-state index is -4.60. The lowest BCUT2D eigenvalue weighted by atomic mass is 10.3. The normalized spacial score (nSPS) is 11.8. The summed E-state index contributed by atoms with van der Waals surface area (Å²) < 4.78 is 66.2. The second-order valence-corrected chi connectivity index (χ2v) is 3.88. The van der Waals surface area contributed by atoms with Crippen molar-refractivity contribution >= 4 is 11.8 Å². The standard InChI is InChI=1S/C11H15F5N4O/c1-2-17-10-19-7(11(14,15)16)5-9(20-10)18-3-4-21-6-8(12)13/h5,8H,2-4,6H2,1H3,(H2,17,18,19,20). The third kappa shape index (κ3) is 6.52. The number of nitrogens with zero attached hydrogens (tertiary/aromatic N) is 2. The molecule has 0 aliphatic heterocycles. The van der Waals surface area contributed by atoms with Crippen LogP contribution in [0.5, 0.6) is 0 Å². The van der Waals surface area contributed by atoms with E-state index in [0.29, 0.717) is 6.54 Å². The molecule has 0 spiro atoms. The molecule has 1 rings (SSSR count). The highest BCUT2D eigenvalue weighted by Crippen LogP contribution is 2.29. The van der Waals surface area contributed by atoms with Crippen LogP contribution in [0.25, 0.3) is 0 Å². The summed E-state index contributed by atoms with van der Waals surface area (Å²) in [7, 11) is 0. The third-order valence-electron chi connectivity index (χ3n) is 2.15. The van der Waals surface area contributed by atoms with Crippen molar-refractivity contribution in [3.63, 3.8) is 0 Å². The number of anilines is 2. The van der Waals surface area contributed by atoms with E-state index in [4.69, 9.17) is 0 Å². The van der Waals surface area contributed by atoms with Gasteiger partial charge in [0.1, 0.15) is 12.4 Å². The molecule has 0 atom stereocenters. The Kier molecular flexibility index (Phi) is 6.53. The van der Waals surface area contributed by atoms with E-state index in [1.807, 2.05) is 0 Å². The zero-order valence-electron chi connectivity index (χ0n) is 11.2. The van der Waals surface area contributed by atoms with Crippen LogP contribution < -0.4 is 10.6 Å². The summed E-state index contributed by atoms with van der Waals surface area (Å²) in [4.78, 5) is 7.18. The SMILES string of the molecule is CCNc1nc(NCCOCC(F)F)cc(C(F)(F)F)n1. The lowest BCUT2D eigenvalue weighted by molar-refractivity contribution is -0.141. The minimum absolute atomic E-state index is 0.0482. The molecule has 0 bridgehead atoms. The molecule has 1 aromatic rings. The second kappa shape index (κ2) is 7.91. The van der Waals surface area contributed by atoms with Gasteiger partial charge < -0.3 is 15.4 Å². The molecule has 10 heteroatoms. The molecule has 0 fully saturated rings. The monoisotopic (exact) mass is 314 g/mol.